The van der Waals surface area contributed by atoms with E-state index in [1.165, 1.54) is 19.3 Å². The number of nitrogens with one attached hydrogen (secondary N) is 1. The fraction of sp³-hybridized carbons (Fsp3) is 0.706. The number of nitrogens with zero attached hydrogens (tertiary/aromatic N) is 2. The van der Waals surface area contributed by atoms with Gasteiger partial charge in [0.2, 0.25) is 0 Å². The lowest BCUT2D eigenvalue weighted by molar-refractivity contribution is 0.521. The zero-order valence-electron chi connectivity index (χ0n) is 13.5. The van der Waals surface area contributed by atoms with Crippen molar-refractivity contribution in [3.05, 3.63) is 22.8 Å². The van der Waals surface area contributed by atoms with Crippen molar-refractivity contribution in [2.45, 2.75) is 46.6 Å². The second-order valence-corrected chi connectivity index (χ2v) is 7.09. The molecule has 0 radical (unpaired) electrons. The van der Waals surface area contributed by atoms with Crippen LogP contribution in [0.25, 0.3) is 0 Å². The Labute approximate surface area is 134 Å². The molecule has 2 heterocycles. The molecule has 0 aliphatic carbocycles. The predicted molar refractivity (Wildman–Crippen MR) is 91.0 cm³/mol. The number of aromatic nitrogens is 1. The van der Waals surface area contributed by atoms with E-state index in [2.05, 4.69) is 42.0 Å². The maximum Gasteiger partial charge on any atom is 0.128 e. The van der Waals surface area contributed by atoms with Gasteiger partial charge in [-0.1, -0.05) is 32.4 Å². The second kappa shape index (κ2) is 8.00. The molecular weight excluding hydrogens is 282 g/mol. The highest BCUT2D eigenvalue weighted by Crippen LogP contribution is 2.24. The van der Waals surface area contributed by atoms with E-state index in [0.29, 0.717) is 5.92 Å². The number of rotatable bonds is 5. The van der Waals surface area contributed by atoms with Crippen molar-refractivity contribution in [3.63, 3.8) is 0 Å². The van der Waals surface area contributed by atoms with Gasteiger partial charge in [0, 0.05) is 25.8 Å². The monoisotopic (exact) mass is 309 g/mol. The summed E-state index contributed by atoms with van der Waals surface area (Å²) in [5, 5.41) is 4.22. The van der Waals surface area contributed by atoms with E-state index < -0.39 is 0 Å². The lowest BCUT2D eigenvalue weighted by Gasteiger charge is -2.22. The van der Waals surface area contributed by atoms with Gasteiger partial charge >= 0.3 is 0 Å². The lowest BCUT2D eigenvalue weighted by atomic mass is 10.0. The highest BCUT2D eigenvalue weighted by atomic mass is 35.5. The van der Waals surface area contributed by atoms with Crippen LogP contribution in [0.5, 0.6) is 0 Å². The van der Waals surface area contributed by atoms with Crippen LogP contribution in [0.4, 0.5) is 5.82 Å². The molecule has 1 aliphatic heterocycles. The minimum Gasteiger partial charge on any atom is -0.357 e. The smallest absolute Gasteiger partial charge is 0.128 e. The molecule has 1 atom stereocenters. The number of pyridine rings is 1. The third kappa shape index (κ3) is 5.15. The van der Waals surface area contributed by atoms with E-state index in [0.717, 1.165) is 48.5 Å². The van der Waals surface area contributed by atoms with Crippen LogP contribution in [0.2, 0.25) is 5.02 Å². The predicted octanol–water partition coefficient (Wildman–Crippen LogP) is 4.11. The van der Waals surface area contributed by atoms with Gasteiger partial charge in [-0.25, -0.2) is 4.98 Å². The van der Waals surface area contributed by atoms with Crippen LogP contribution < -0.4 is 10.2 Å². The van der Waals surface area contributed by atoms with Crippen LogP contribution in [0.15, 0.2) is 12.3 Å². The normalized spacial score (nSPS) is 19.9. The maximum absolute atomic E-state index is 6.28. The molecule has 1 unspecified atom stereocenters. The molecular formula is C17H28ClN3. The van der Waals surface area contributed by atoms with Crippen molar-refractivity contribution in [2.75, 3.05) is 24.5 Å². The first-order valence-corrected chi connectivity index (χ1v) is 8.54. The Balaban J connectivity index is 2.03. The third-order valence-corrected chi connectivity index (χ3v) is 4.47. The van der Waals surface area contributed by atoms with E-state index >= 15 is 0 Å². The number of hydrogen-bond acceptors (Lipinski definition) is 3. The summed E-state index contributed by atoms with van der Waals surface area (Å²) in [6.07, 6.45) is 5.64. The van der Waals surface area contributed by atoms with Crippen LogP contribution >= 0.6 is 11.6 Å². The molecule has 1 N–H and O–H groups in total. The van der Waals surface area contributed by atoms with Gasteiger partial charge in [0.1, 0.15) is 5.82 Å². The highest BCUT2D eigenvalue weighted by molar-refractivity contribution is 6.31. The first-order chi connectivity index (χ1) is 10.1. The largest absolute Gasteiger partial charge is 0.357 e. The third-order valence-electron chi connectivity index (χ3n) is 4.13. The van der Waals surface area contributed by atoms with Gasteiger partial charge in [-0.2, -0.15) is 0 Å². The molecule has 0 amide bonds. The Kier molecular flexibility index (Phi) is 6.31. The van der Waals surface area contributed by atoms with E-state index in [1.807, 2.05) is 0 Å². The Bertz CT molecular complexity index is 448. The fourth-order valence-electron chi connectivity index (χ4n) is 2.76. The molecule has 21 heavy (non-hydrogen) atoms. The summed E-state index contributed by atoms with van der Waals surface area (Å²) in [6, 6.07) is 2.16. The van der Waals surface area contributed by atoms with Crippen molar-refractivity contribution >= 4 is 17.4 Å². The lowest BCUT2D eigenvalue weighted by Crippen LogP contribution is -2.25. The van der Waals surface area contributed by atoms with Crippen LogP contribution in [0.1, 0.15) is 45.6 Å². The van der Waals surface area contributed by atoms with Gasteiger partial charge in [-0.3, -0.25) is 0 Å². The summed E-state index contributed by atoms with van der Waals surface area (Å²) in [4.78, 5) is 6.95. The number of halogens is 1. The zero-order chi connectivity index (χ0) is 15.2. The van der Waals surface area contributed by atoms with Gasteiger partial charge in [0.25, 0.3) is 0 Å². The van der Waals surface area contributed by atoms with E-state index in [9.17, 15) is 0 Å². The summed E-state index contributed by atoms with van der Waals surface area (Å²) in [7, 11) is 0. The summed E-state index contributed by atoms with van der Waals surface area (Å²) < 4.78 is 0. The molecule has 2 rings (SSSR count). The van der Waals surface area contributed by atoms with E-state index in [-0.39, 0.29) is 0 Å². The maximum atomic E-state index is 6.28. The van der Waals surface area contributed by atoms with Crippen LogP contribution in [-0.4, -0.2) is 24.6 Å². The average Bonchev–Trinajstić information content (AvgIpc) is 2.65. The molecule has 1 aromatic heterocycles. The highest BCUT2D eigenvalue weighted by Gasteiger charge is 2.16. The number of hydrogen-bond donors (Lipinski definition) is 1. The molecule has 0 spiro atoms. The van der Waals surface area contributed by atoms with Gasteiger partial charge in [0.15, 0.2) is 0 Å². The Morgan fingerprint density at radius 3 is 2.95 bits per heavy atom. The second-order valence-electron chi connectivity index (χ2n) is 6.68. The van der Waals surface area contributed by atoms with Crippen LogP contribution in [0.3, 0.4) is 0 Å². The van der Waals surface area contributed by atoms with Crippen molar-refractivity contribution in [1.82, 2.24) is 10.3 Å². The Hall–Kier alpha value is -0.800. The first kappa shape index (κ1) is 16.6. The molecule has 0 bridgehead atoms. The Morgan fingerprint density at radius 1 is 1.38 bits per heavy atom. The van der Waals surface area contributed by atoms with Gasteiger partial charge < -0.3 is 10.2 Å². The molecule has 1 aromatic rings. The summed E-state index contributed by atoms with van der Waals surface area (Å²) >= 11 is 6.28. The standard InChI is InChI=1S/C17H28ClN3/c1-13(2)10-19-11-15-9-17(20-12-16(15)18)21-7-4-5-14(3)6-8-21/h9,12-14,19H,4-8,10-11H2,1-3H3. The van der Waals surface area contributed by atoms with Crippen molar-refractivity contribution in [2.24, 2.45) is 11.8 Å². The van der Waals surface area contributed by atoms with Gasteiger partial charge in [-0.15, -0.1) is 0 Å². The topological polar surface area (TPSA) is 28.2 Å². The molecule has 118 valence electrons. The van der Waals surface area contributed by atoms with Gasteiger partial charge in [-0.05, 0) is 49.3 Å². The molecule has 1 saturated heterocycles. The summed E-state index contributed by atoms with van der Waals surface area (Å²) in [5.41, 5.74) is 1.15. The average molecular weight is 310 g/mol. The molecule has 1 aliphatic rings. The summed E-state index contributed by atoms with van der Waals surface area (Å²) in [6.45, 7) is 10.8. The number of anilines is 1. The quantitative estimate of drug-likeness (QED) is 0.887. The van der Waals surface area contributed by atoms with Crippen molar-refractivity contribution < 1.29 is 0 Å². The molecule has 0 aromatic carbocycles. The first-order valence-electron chi connectivity index (χ1n) is 8.16. The molecule has 0 saturated carbocycles. The van der Waals surface area contributed by atoms with Gasteiger partial charge in [0.05, 0.1) is 5.02 Å². The minimum atomic E-state index is 0.650. The SMILES string of the molecule is CC(C)CNCc1cc(N2CCCC(C)CC2)ncc1Cl. The zero-order valence-corrected chi connectivity index (χ0v) is 14.3. The van der Waals surface area contributed by atoms with Crippen molar-refractivity contribution in [3.8, 4) is 0 Å². The molecule has 1 fully saturated rings. The molecule has 4 heteroatoms. The van der Waals surface area contributed by atoms with Crippen LogP contribution in [-0.2, 0) is 6.54 Å². The van der Waals surface area contributed by atoms with Crippen molar-refractivity contribution in [1.29, 1.82) is 0 Å². The van der Waals surface area contributed by atoms with E-state index in [4.69, 9.17) is 11.6 Å². The Morgan fingerprint density at radius 2 is 2.19 bits per heavy atom. The summed E-state index contributed by atoms with van der Waals surface area (Å²) in [5.74, 6) is 2.56. The van der Waals surface area contributed by atoms with E-state index in [1.54, 1.807) is 6.20 Å². The minimum absolute atomic E-state index is 0.650. The fourth-order valence-corrected chi connectivity index (χ4v) is 2.93. The molecule has 3 nitrogen and oxygen atoms in total. The van der Waals surface area contributed by atoms with Crippen LogP contribution in [0, 0.1) is 11.8 Å².